The number of aromatic nitrogens is 1. The predicted octanol–water partition coefficient (Wildman–Crippen LogP) is 5.53. The Kier molecular flexibility index (Phi) is 4.61. The molecule has 0 aliphatic rings. The Balaban J connectivity index is 2.07. The highest BCUT2D eigenvalue weighted by Crippen LogP contribution is 2.30. The number of fused-ring (bicyclic) bond motifs is 1. The summed E-state index contributed by atoms with van der Waals surface area (Å²) in [5, 5.41) is 1.19. The number of rotatable bonds is 5. The van der Waals surface area contributed by atoms with Crippen LogP contribution in [0, 0.1) is 6.92 Å². The molecular formula is C21H24N2. The van der Waals surface area contributed by atoms with E-state index in [1.54, 1.807) is 0 Å². The quantitative estimate of drug-likeness (QED) is 0.630. The summed E-state index contributed by atoms with van der Waals surface area (Å²) in [6.07, 6.45) is 4.62. The minimum atomic E-state index is 0.676. The first-order chi connectivity index (χ1) is 11.2. The highest BCUT2D eigenvalue weighted by Gasteiger charge is 2.09. The van der Waals surface area contributed by atoms with Gasteiger partial charge in [-0.1, -0.05) is 61.7 Å². The maximum atomic E-state index is 6.17. The van der Waals surface area contributed by atoms with Crippen LogP contribution in [0.15, 0.2) is 48.5 Å². The standard InChI is InChI=1S/C21H24N2/c1-3-4-5-7-17-14-19-18(16-12-10-15(2)11-13-16)8-6-9-20(19)23-21(17)22/h6,8-14H,3-5,7H2,1-2H3,(H2,22,23). The molecule has 0 radical (unpaired) electrons. The zero-order valence-electron chi connectivity index (χ0n) is 14.0. The van der Waals surface area contributed by atoms with E-state index >= 15 is 0 Å². The van der Waals surface area contributed by atoms with E-state index in [2.05, 4.69) is 61.3 Å². The van der Waals surface area contributed by atoms with Crippen LogP contribution in [0.5, 0.6) is 0 Å². The van der Waals surface area contributed by atoms with Gasteiger partial charge in [0, 0.05) is 5.39 Å². The number of anilines is 1. The first-order valence-electron chi connectivity index (χ1n) is 8.44. The summed E-state index contributed by atoms with van der Waals surface area (Å²) in [5.41, 5.74) is 12.0. The fourth-order valence-electron chi connectivity index (χ4n) is 3.00. The number of nitrogens with zero attached hydrogens (tertiary/aromatic N) is 1. The largest absolute Gasteiger partial charge is 0.383 e. The summed E-state index contributed by atoms with van der Waals surface area (Å²) in [4.78, 5) is 4.64. The van der Waals surface area contributed by atoms with Crippen molar-refractivity contribution in [3.05, 3.63) is 59.7 Å². The summed E-state index contributed by atoms with van der Waals surface area (Å²) in [7, 11) is 0. The number of pyridine rings is 1. The molecule has 0 aliphatic heterocycles. The zero-order chi connectivity index (χ0) is 16.2. The molecule has 2 nitrogen and oxygen atoms in total. The van der Waals surface area contributed by atoms with Crippen molar-refractivity contribution in [2.75, 3.05) is 5.73 Å². The molecule has 3 aromatic rings. The molecule has 0 fully saturated rings. The average Bonchev–Trinajstić information content (AvgIpc) is 2.56. The molecular weight excluding hydrogens is 280 g/mol. The van der Waals surface area contributed by atoms with Crippen LogP contribution in [0.25, 0.3) is 22.0 Å². The Morgan fingerprint density at radius 3 is 2.52 bits per heavy atom. The van der Waals surface area contributed by atoms with Crippen molar-refractivity contribution < 1.29 is 0 Å². The van der Waals surface area contributed by atoms with E-state index in [-0.39, 0.29) is 0 Å². The maximum absolute atomic E-state index is 6.17. The van der Waals surface area contributed by atoms with Gasteiger partial charge in [0.2, 0.25) is 0 Å². The molecule has 1 aromatic heterocycles. The number of nitrogens with two attached hydrogens (primary N) is 1. The van der Waals surface area contributed by atoms with Crippen molar-refractivity contribution in [3.8, 4) is 11.1 Å². The van der Waals surface area contributed by atoms with E-state index in [1.165, 1.54) is 46.9 Å². The predicted molar refractivity (Wildman–Crippen MR) is 99.6 cm³/mol. The molecule has 0 aliphatic carbocycles. The van der Waals surface area contributed by atoms with E-state index in [0.29, 0.717) is 5.82 Å². The second kappa shape index (κ2) is 6.82. The summed E-state index contributed by atoms with van der Waals surface area (Å²) in [5.74, 6) is 0.676. The van der Waals surface area contributed by atoms with E-state index < -0.39 is 0 Å². The lowest BCUT2D eigenvalue weighted by Gasteiger charge is -2.11. The molecule has 2 heteroatoms. The fraction of sp³-hybridized carbons (Fsp3) is 0.286. The van der Waals surface area contributed by atoms with E-state index in [4.69, 9.17) is 5.73 Å². The molecule has 0 atom stereocenters. The maximum Gasteiger partial charge on any atom is 0.127 e. The van der Waals surface area contributed by atoms with Gasteiger partial charge >= 0.3 is 0 Å². The Hall–Kier alpha value is -2.35. The van der Waals surface area contributed by atoms with Crippen LogP contribution < -0.4 is 5.73 Å². The van der Waals surface area contributed by atoms with Crippen LogP contribution in [0.4, 0.5) is 5.82 Å². The van der Waals surface area contributed by atoms with Crippen molar-refractivity contribution in [3.63, 3.8) is 0 Å². The highest BCUT2D eigenvalue weighted by atomic mass is 14.8. The van der Waals surface area contributed by atoms with Gasteiger partial charge in [0.1, 0.15) is 5.82 Å². The van der Waals surface area contributed by atoms with Crippen molar-refractivity contribution in [1.82, 2.24) is 4.98 Å². The molecule has 0 spiro atoms. The first kappa shape index (κ1) is 15.5. The van der Waals surface area contributed by atoms with E-state index in [9.17, 15) is 0 Å². The van der Waals surface area contributed by atoms with Gasteiger partial charge in [0.25, 0.3) is 0 Å². The van der Waals surface area contributed by atoms with Gasteiger partial charge < -0.3 is 5.73 Å². The fourth-order valence-corrected chi connectivity index (χ4v) is 3.00. The Morgan fingerprint density at radius 1 is 1.00 bits per heavy atom. The highest BCUT2D eigenvalue weighted by molar-refractivity contribution is 5.95. The third kappa shape index (κ3) is 3.37. The lowest BCUT2D eigenvalue weighted by Crippen LogP contribution is -1.99. The number of benzene rings is 2. The van der Waals surface area contributed by atoms with Gasteiger partial charge in [-0.15, -0.1) is 0 Å². The van der Waals surface area contributed by atoms with Crippen molar-refractivity contribution >= 4 is 16.7 Å². The lowest BCUT2D eigenvalue weighted by molar-refractivity contribution is 0.718. The number of unbranched alkanes of at least 4 members (excludes halogenated alkanes) is 2. The van der Waals surface area contributed by atoms with Crippen LogP contribution in [0.2, 0.25) is 0 Å². The van der Waals surface area contributed by atoms with Crippen molar-refractivity contribution in [2.24, 2.45) is 0 Å². The number of hydrogen-bond acceptors (Lipinski definition) is 2. The van der Waals surface area contributed by atoms with Crippen molar-refractivity contribution in [2.45, 2.75) is 39.5 Å². The minimum absolute atomic E-state index is 0.676. The summed E-state index contributed by atoms with van der Waals surface area (Å²) in [6, 6.07) is 17.2. The smallest absolute Gasteiger partial charge is 0.127 e. The molecule has 0 saturated carbocycles. The van der Waals surface area contributed by atoms with E-state index in [1.807, 2.05) is 6.07 Å². The molecule has 0 amide bonds. The Labute approximate surface area is 138 Å². The third-order valence-corrected chi connectivity index (χ3v) is 4.38. The lowest BCUT2D eigenvalue weighted by atomic mass is 9.97. The molecule has 0 saturated heterocycles. The average molecular weight is 304 g/mol. The Morgan fingerprint density at radius 2 is 1.78 bits per heavy atom. The molecule has 0 unspecified atom stereocenters. The van der Waals surface area contributed by atoms with Gasteiger partial charge in [-0.25, -0.2) is 4.98 Å². The number of aryl methyl sites for hydroxylation is 2. The second-order valence-corrected chi connectivity index (χ2v) is 6.23. The van der Waals surface area contributed by atoms with Gasteiger partial charge in [0.05, 0.1) is 5.52 Å². The topological polar surface area (TPSA) is 38.9 Å². The summed E-state index contributed by atoms with van der Waals surface area (Å²) < 4.78 is 0. The molecule has 2 N–H and O–H groups in total. The zero-order valence-corrected chi connectivity index (χ0v) is 14.0. The van der Waals surface area contributed by atoms with Gasteiger partial charge in [-0.3, -0.25) is 0 Å². The molecule has 1 heterocycles. The monoisotopic (exact) mass is 304 g/mol. The first-order valence-corrected chi connectivity index (χ1v) is 8.44. The minimum Gasteiger partial charge on any atom is -0.383 e. The van der Waals surface area contributed by atoms with Crippen molar-refractivity contribution in [1.29, 1.82) is 0 Å². The molecule has 2 aromatic carbocycles. The summed E-state index contributed by atoms with van der Waals surface area (Å²) in [6.45, 7) is 4.33. The molecule has 118 valence electrons. The summed E-state index contributed by atoms with van der Waals surface area (Å²) >= 11 is 0. The SMILES string of the molecule is CCCCCc1cc2c(-c3ccc(C)cc3)cccc2nc1N. The Bertz CT molecular complexity index is 804. The van der Waals surface area contributed by atoms with Crippen LogP contribution in [0.1, 0.15) is 37.3 Å². The van der Waals surface area contributed by atoms with Crippen LogP contribution in [-0.4, -0.2) is 4.98 Å². The number of nitrogen functional groups attached to an aromatic ring is 1. The molecule has 0 bridgehead atoms. The normalized spacial score (nSPS) is 11.0. The van der Waals surface area contributed by atoms with Gasteiger partial charge in [-0.05, 0) is 48.6 Å². The second-order valence-electron chi connectivity index (χ2n) is 6.23. The molecule has 3 rings (SSSR count). The van der Waals surface area contributed by atoms with Crippen LogP contribution in [0.3, 0.4) is 0 Å². The van der Waals surface area contributed by atoms with Gasteiger partial charge in [0.15, 0.2) is 0 Å². The molecule has 23 heavy (non-hydrogen) atoms. The van der Waals surface area contributed by atoms with E-state index in [0.717, 1.165) is 11.9 Å². The van der Waals surface area contributed by atoms with Crippen LogP contribution >= 0.6 is 0 Å². The third-order valence-electron chi connectivity index (χ3n) is 4.38. The van der Waals surface area contributed by atoms with Crippen LogP contribution in [-0.2, 0) is 6.42 Å². The van der Waals surface area contributed by atoms with Gasteiger partial charge in [-0.2, -0.15) is 0 Å². The number of hydrogen-bond donors (Lipinski definition) is 1.